The lowest BCUT2D eigenvalue weighted by atomic mass is 10.1. The van der Waals surface area contributed by atoms with Gasteiger partial charge in [-0.25, -0.2) is 0 Å². The van der Waals surface area contributed by atoms with Crippen LogP contribution in [0.5, 0.6) is 17.2 Å². The Kier molecular flexibility index (Phi) is 6.20. The van der Waals surface area contributed by atoms with Crippen LogP contribution >= 0.6 is 11.6 Å². The Morgan fingerprint density at radius 1 is 1.09 bits per heavy atom. The van der Waals surface area contributed by atoms with Gasteiger partial charge in [-0.1, -0.05) is 19.9 Å². The molecule has 2 aromatic carbocycles. The minimum atomic E-state index is 0.503. The van der Waals surface area contributed by atoms with Crippen LogP contribution in [0.4, 0.5) is 0 Å². The molecule has 120 valence electrons. The highest BCUT2D eigenvalue weighted by atomic mass is 35.5. The van der Waals surface area contributed by atoms with Crippen LogP contribution in [-0.4, -0.2) is 26.2 Å². The summed E-state index contributed by atoms with van der Waals surface area (Å²) >= 11 is 5.68. The number of alkyl halides is 1. The van der Waals surface area contributed by atoms with Crippen LogP contribution in [0.3, 0.4) is 0 Å². The largest absolute Gasteiger partial charge is 0.493 e. The Labute approximate surface area is 137 Å². The van der Waals surface area contributed by atoms with Gasteiger partial charge >= 0.3 is 0 Å². The van der Waals surface area contributed by atoms with Gasteiger partial charge in [0.25, 0.3) is 0 Å². The van der Waals surface area contributed by atoms with Gasteiger partial charge in [-0.2, -0.15) is 0 Å². The molecule has 0 heterocycles. The number of hydrogen-bond donors (Lipinski definition) is 0. The predicted molar refractivity (Wildman–Crippen MR) is 91.7 cm³/mol. The molecule has 0 spiro atoms. The predicted octanol–water partition coefficient (Wildman–Crippen LogP) is 4.89. The topological polar surface area (TPSA) is 27.7 Å². The SMILES string of the molecule is COc1c(OCCCCl)ccc2cc(OCC(C)C)ccc12. The summed E-state index contributed by atoms with van der Waals surface area (Å²) in [6.07, 6.45) is 0.810. The maximum Gasteiger partial charge on any atom is 0.168 e. The van der Waals surface area contributed by atoms with E-state index in [4.69, 9.17) is 25.8 Å². The summed E-state index contributed by atoms with van der Waals surface area (Å²) in [7, 11) is 1.66. The Hall–Kier alpha value is -1.61. The van der Waals surface area contributed by atoms with Crippen molar-refractivity contribution in [2.24, 2.45) is 5.92 Å². The van der Waals surface area contributed by atoms with Crippen molar-refractivity contribution in [2.45, 2.75) is 20.3 Å². The molecular weight excluding hydrogens is 300 g/mol. The van der Waals surface area contributed by atoms with Crippen molar-refractivity contribution in [1.29, 1.82) is 0 Å². The van der Waals surface area contributed by atoms with E-state index in [2.05, 4.69) is 13.8 Å². The molecule has 0 unspecified atom stereocenters. The number of halogens is 1. The highest BCUT2D eigenvalue weighted by molar-refractivity contribution is 6.17. The molecule has 0 saturated carbocycles. The zero-order valence-electron chi connectivity index (χ0n) is 13.4. The molecule has 0 aliphatic rings. The van der Waals surface area contributed by atoms with E-state index in [0.29, 0.717) is 25.0 Å². The number of hydrogen-bond acceptors (Lipinski definition) is 3. The summed E-state index contributed by atoms with van der Waals surface area (Å²) in [5, 5.41) is 2.09. The van der Waals surface area contributed by atoms with Crippen molar-refractivity contribution in [3.63, 3.8) is 0 Å². The molecule has 3 nitrogen and oxygen atoms in total. The number of ether oxygens (including phenoxy) is 3. The minimum absolute atomic E-state index is 0.503. The average molecular weight is 323 g/mol. The lowest BCUT2D eigenvalue weighted by molar-refractivity contribution is 0.271. The fourth-order valence-corrected chi connectivity index (χ4v) is 2.28. The fourth-order valence-electron chi connectivity index (χ4n) is 2.17. The second kappa shape index (κ2) is 8.14. The number of fused-ring (bicyclic) bond motifs is 1. The average Bonchev–Trinajstić information content (AvgIpc) is 2.52. The molecule has 0 radical (unpaired) electrons. The summed E-state index contributed by atoms with van der Waals surface area (Å²) in [4.78, 5) is 0. The van der Waals surface area contributed by atoms with Crippen molar-refractivity contribution in [2.75, 3.05) is 26.2 Å². The lowest BCUT2D eigenvalue weighted by Gasteiger charge is -2.14. The molecule has 0 atom stereocenters. The first-order valence-corrected chi connectivity index (χ1v) is 8.11. The smallest absolute Gasteiger partial charge is 0.168 e. The van der Waals surface area contributed by atoms with Crippen LogP contribution in [0, 0.1) is 5.92 Å². The van der Waals surface area contributed by atoms with Crippen LogP contribution < -0.4 is 14.2 Å². The van der Waals surface area contributed by atoms with Crippen LogP contribution in [0.2, 0.25) is 0 Å². The zero-order chi connectivity index (χ0) is 15.9. The Balaban J connectivity index is 2.26. The van der Waals surface area contributed by atoms with Crippen LogP contribution in [0.25, 0.3) is 10.8 Å². The highest BCUT2D eigenvalue weighted by Crippen LogP contribution is 2.37. The maximum atomic E-state index is 5.77. The first-order valence-electron chi connectivity index (χ1n) is 7.58. The molecule has 2 aromatic rings. The van der Waals surface area contributed by atoms with E-state index >= 15 is 0 Å². The number of methoxy groups -OCH3 is 1. The molecule has 0 amide bonds. The molecule has 0 saturated heterocycles. The Morgan fingerprint density at radius 2 is 1.91 bits per heavy atom. The zero-order valence-corrected chi connectivity index (χ0v) is 14.2. The van der Waals surface area contributed by atoms with Crippen LogP contribution in [0.1, 0.15) is 20.3 Å². The summed E-state index contributed by atoms with van der Waals surface area (Å²) < 4.78 is 17.0. The number of benzene rings is 2. The minimum Gasteiger partial charge on any atom is -0.493 e. The molecule has 2 rings (SSSR count). The summed E-state index contributed by atoms with van der Waals surface area (Å²) in [6, 6.07) is 9.97. The van der Waals surface area contributed by atoms with Crippen molar-refractivity contribution >= 4 is 22.4 Å². The second-order valence-corrected chi connectivity index (χ2v) is 5.95. The van der Waals surface area contributed by atoms with Crippen LogP contribution in [-0.2, 0) is 0 Å². The first-order chi connectivity index (χ1) is 10.7. The molecule has 0 aromatic heterocycles. The van der Waals surface area contributed by atoms with Crippen LogP contribution in [0.15, 0.2) is 30.3 Å². The van der Waals surface area contributed by atoms with Gasteiger partial charge in [-0.3, -0.25) is 0 Å². The Morgan fingerprint density at radius 3 is 2.59 bits per heavy atom. The molecule has 22 heavy (non-hydrogen) atoms. The normalized spacial score (nSPS) is 11.0. The van der Waals surface area contributed by atoms with E-state index in [1.54, 1.807) is 7.11 Å². The fraction of sp³-hybridized carbons (Fsp3) is 0.444. The molecular formula is C18H23ClO3. The van der Waals surface area contributed by atoms with E-state index < -0.39 is 0 Å². The van der Waals surface area contributed by atoms with E-state index in [-0.39, 0.29) is 0 Å². The summed E-state index contributed by atoms with van der Waals surface area (Å²) in [5.74, 6) is 3.47. The third-order valence-electron chi connectivity index (χ3n) is 3.23. The number of rotatable bonds is 8. The Bertz CT molecular complexity index is 611. The summed E-state index contributed by atoms with van der Waals surface area (Å²) in [5.41, 5.74) is 0. The maximum absolute atomic E-state index is 5.77. The van der Waals surface area contributed by atoms with Gasteiger partial charge in [0.1, 0.15) is 5.75 Å². The van der Waals surface area contributed by atoms with Crippen molar-refractivity contribution < 1.29 is 14.2 Å². The third-order valence-corrected chi connectivity index (χ3v) is 3.50. The third kappa shape index (κ3) is 4.20. The van der Waals surface area contributed by atoms with Gasteiger partial charge < -0.3 is 14.2 Å². The quantitative estimate of drug-likeness (QED) is 0.511. The molecule has 0 N–H and O–H groups in total. The van der Waals surface area contributed by atoms with Gasteiger partial charge in [0.15, 0.2) is 11.5 Å². The van der Waals surface area contributed by atoms with Crippen molar-refractivity contribution in [3.05, 3.63) is 30.3 Å². The van der Waals surface area contributed by atoms with Gasteiger partial charge in [0.2, 0.25) is 0 Å². The highest BCUT2D eigenvalue weighted by Gasteiger charge is 2.10. The second-order valence-electron chi connectivity index (χ2n) is 5.58. The molecule has 0 bridgehead atoms. The van der Waals surface area contributed by atoms with E-state index in [1.165, 1.54) is 0 Å². The first kappa shape index (κ1) is 16.8. The summed E-state index contributed by atoms with van der Waals surface area (Å²) in [6.45, 7) is 5.56. The van der Waals surface area contributed by atoms with Gasteiger partial charge in [0, 0.05) is 11.3 Å². The van der Waals surface area contributed by atoms with Gasteiger partial charge in [-0.05, 0) is 42.0 Å². The van der Waals surface area contributed by atoms with E-state index in [1.807, 2.05) is 30.3 Å². The van der Waals surface area contributed by atoms with Crippen molar-refractivity contribution in [1.82, 2.24) is 0 Å². The lowest BCUT2D eigenvalue weighted by Crippen LogP contribution is -2.04. The standard InChI is InChI=1S/C18H23ClO3/c1-13(2)12-22-15-6-7-16-14(11-15)5-8-17(18(16)20-3)21-10-4-9-19/h5-8,11,13H,4,9-10,12H2,1-3H3. The molecule has 4 heteroatoms. The van der Waals surface area contributed by atoms with Gasteiger partial charge in [0.05, 0.1) is 20.3 Å². The monoisotopic (exact) mass is 322 g/mol. The van der Waals surface area contributed by atoms with E-state index in [0.717, 1.165) is 34.4 Å². The van der Waals surface area contributed by atoms with Gasteiger partial charge in [-0.15, -0.1) is 11.6 Å². The van der Waals surface area contributed by atoms with Crippen molar-refractivity contribution in [3.8, 4) is 17.2 Å². The molecule has 0 aliphatic carbocycles. The molecule has 0 aliphatic heterocycles. The molecule has 0 fully saturated rings. The van der Waals surface area contributed by atoms with E-state index in [9.17, 15) is 0 Å².